The van der Waals surface area contributed by atoms with E-state index in [0.29, 0.717) is 6.61 Å². The van der Waals surface area contributed by atoms with E-state index in [1.54, 1.807) is 0 Å². The number of unbranched alkanes of at least 4 members (excludes halogenated alkanes) is 1. The van der Waals surface area contributed by atoms with Gasteiger partial charge in [0.15, 0.2) is 0 Å². The van der Waals surface area contributed by atoms with Crippen LogP contribution in [0.1, 0.15) is 26.2 Å². The van der Waals surface area contributed by atoms with Gasteiger partial charge in [0.25, 0.3) is 0 Å². The standard InChI is InChI=1S/C7H12O2.C4H7NO/c1-3-5-6-9-7(8)4-2;1-2-3-4(5)6/h4H,2-3,5-6H2,1H3;2H,1,3H2,(H2,5,6). The van der Waals surface area contributed by atoms with E-state index >= 15 is 0 Å². The Morgan fingerprint density at radius 3 is 2.27 bits per heavy atom. The van der Waals surface area contributed by atoms with Crippen LogP contribution in [0.3, 0.4) is 0 Å². The molecule has 0 aromatic carbocycles. The van der Waals surface area contributed by atoms with Gasteiger partial charge in [-0.05, 0) is 6.42 Å². The molecule has 4 nitrogen and oxygen atoms in total. The SMILES string of the molecule is C=CC(=O)OCCCC.C=CCC(N)=O. The van der Waals surface area contributed by atoms with Crippen LogP contribution < -0.4 is 5.73 Å². The van der Waals surface area contributed by atoms with Crippen LogP contribution in [0.2, 0.25) is 0 Å². The molecule has 1 amide bonds. The number of carbonyl (C=O) groups excluding carboxylic acids is 2. The van der Waals surface area contributed by atoms with Crippen LogP contribution in [0.4, 0.5) is 0 Å². The molecule has 15 heavy (non-hydrogen) atoms. The van der Waals surface area contributed by atoms with Crippen LogP contribution >= 0.6 is 0 Å². The normalized spacial score (nSPS) is 8.07. The Bertz CT molecular complexity index is 212. The van der Waals surface area contributed by atoms with E-state index in [1.807, 2.05) is 6.92 Å². The molecule has 0 aliphatic carbocycles. The van der Waals surface area contributed by atoms with Gasteiger partial charge < -0.3 is 10.5 Å². The van der Waals surface area contributed by atoms with E-state index in [4.69, 9.17) is 5.73 Å². The first kappa shape index (κ1) is 15.9. The molecule has 0 aromatic rings. The molecule has 0 heterocycles. The van der Waals surface area contributed by atoms with Crippen molar-refractivity contribution >= 4 is 11.9 Å². The second kappa shape index (κ2) is 12.4. The molecular weight excluding hydrogens is 194 g/mol. The summed E-state index contributed by atoms with van der Waals surface area (Å²) in [5.41, 5.74) is 4.69. The lowest BCUT2D eigenvalue weighted by atomic mass is 10.4. The Morgan fingerprint density at radius 2 is 2.00 bits per heavy atom. The lowest BCUT2D eigenvalue weighted by molar-refractivity contribution is -0.137. The minimum absolute atomic E-state index is 0.278. The lowest BCUT2D eigenvalue weighted by Crippen LogP contribution is -2.07. The Kier molecular flexibility index (Phi) is 13.1. The molecule has 0 saturated heterocycles. The van der Waals surface area contributed by atoms with Crippen molar-refractivity contribution in [2.75, 3.05) is 6.61 Å². The van der Waals surface area contributed by atoms with Crippen molar-refractivity contribution in [3.05, 3.63) is 25.3 Å². The highest BCUT2D eigenvalue weighted by Gasteiger charge is 1.91. The molecule has 0 bridgehead atoms. The van der Waals surface area contributed by atoms with Crippen LogP contribution in [0.5, 0.6) is 0 Å². The highest BCUT2D eigenvalue weighted by Crippen LogP contribution is 1.88. The van der Waals surface area contributed by atoms with Gasteiger partial charge in [0.2, 0.25) is 5.91 Å². The maximum atomic E-state index is 10.3. The summed E-state index contributed by atoms with van der Waals surface area (Å²) in [6, 6.07) is 0. The van der Waals surface area contributed by atoms with Crippen LogP contribution in [0.25, 0.3) is 0 Å². The minimum atomic E-state index is -0.330. The first-order valence-corrected chi connectivity index (χ1v) is 4.76. The maximum absolute atomic E-state index is 10.3. The fraction of sp³-hybridized carbons (Fsp3) is 0.455. The predicted octanol–water partition coefficient (Wildman–Crippen LogP) is 1.56. The molecule has 0 fully saturated rings. The summed E-state index contributed by atoms with van der Waals surface area (Å²) in [4.78, 5) is 20.1. The van der Waals surface area contributed by atoms with E-state index in [9.17, 15) is 9.59 Å². The van der Waals surface area contributed by atoms with E-state index < -0.39 is 0 Å². The molecule has 4 heteroatoms. The van der Waals surface area contributed by atoms with Crippen molar-refractivity contribution in [3.8, 4) is 0 Å². The molecule has 0 aliphatic heterocycles. The molecule has 0 radical (unpaired) electrons. The molecule has 0 saturated carbocycles. The predicted molar refractivity (Wildman–Crippen MR) is 60.1 cm³/mol. The number of primary amides is 1. The van der Waals surface area contributed by atoms with Crippen molar-refractivity contribution < 1.29 is 14.3 Å². The zero-order chi connectivity index (χ0) is 12.1. The van der Waals surface area contributed by atoms with Crippen molar-refractivity contribution in [1.29, 1.82) is 0 Å². The molecule has 0 spiro atoms. The molecule has 0 rings (SSSR count). The Hall–Kier alpha value is -1.58. The van der Waals surface area contributed by atoms with Gasteiger partial charge in [-0.25, -0.2) is 4.79 Å². The summed E-state index contributed by atoms with van der Waals surface area (Å²) >= 11 is 0. The Balaban J connectivity index is 0. The average molecular weight is 213 g/mol. The van der Waals surface area contributed by atoms with Crippen LogP contribution in [-0.4, -0.2) is 18.5 Å². The summed E-state index contributed by atoms with van der Waals surface area (Å²) in [5, 5.41) is 0. The third-order valence-electron chi connectivity index (χ3n) is 1.25. The minimum Gasteiger partial charge on any atom is -0.463 e. The number of amides is 1. The molecule has 86 valence electrons. The van der Waals surface area contributed by atoms with Crippen LogP contribution in [0.15, 0.2) is 25.3 Å². The molecule has 0 aromatic heterocycles. The molecule has 0 atom stereocenters. The Morgan fingerprint density at radius 1 is 1.40 bits per heavy atom. The van der Waals surface area contributed by atoms with Gasteiger partial charge in [0.05, 0.1) is 6.61 Å². The van der Waals surface area contributed by atoms with Crippen molar-refractivity contribution in [1.82, 2.24) is 0 Å². The zero-order valence-corrected chi connectivity index (χ0v) is 9.20. The second-order valence-corrected chi connectivity index (χ2v) is 2.68. The van der Waals surface area contributed by atoms with Gasteiger partial charge in [0.1, 0.15) is 0 Å². The molecule has 0 unspecified atom stereocenters. The van der Waals surface area contributed by atoms with E-state index in [2.05, 4.69) is 17.9 Å². The third kappa shape index (κ3) is 19.0. The smallest absolute Gasteiger partial charge is 0.330 e. The molecule has 2 N–H and O–H groups in total. The fourth-order valence-electron chi connectivity index (χ4n) is 0.518. The van der Waals surface area contributed by atoms with Gasteiger partial charge in [-0.15, -0.1) is 6.58 Å². The van der Waals surface area contributed by atoms with Crippen molar-refractivity contribution in [2.45, 2.75) is 26.2 Å². The summed E-state index contributed by atoms with van der Waals surface area (Å²) < 4.78 is 4.67. The first-order chi connectivity index (χ1) is 7.08. The maximum Gasteiger partial charge on any atom is 0.330 e. The zero-order valence-electron chi connectivity index (χ0n) is 9.20. The number of ether oxygens (including phenoxy) is 1. The number of rotatable bonds is 6. The molecular formula is C11H19NO3. The number of esters is 1. The quantitative estimate of drug-likeness (QED) is 0.315. The monoisotopic (exact) mass is 213 g/mol. The first-order valence-electron chi connectivity index (χ1n) is 4.76. The topological polar surface area (TPSA) is 69.4 Å². The number of hydrogen-bond donors (Lipinski definition) is 1. The number of nitrogens with two attached hydrogens (primary N) is 1. The number of carbonyl (C=O) groups is 2. The lowest BCUT2D eigenvalue weighted by Gasteiger charge is -1.97. The highest BCUT2D eigenvalue weighted by atomic mass is 16.5. The molecule has 0 aliphatic rings. The number of hydrogen-bond acceptors (Lipinski definition) is 3. The van der Waals surface area contributed by atoms with Crippen LogP contribution in [-0.2, 0) is 14.3 Å². The third-order valence-corrected chi connectivity index (χ3v) is 1.25. The summed E-state index contributed by atoms with van der Waals surface area (Å²) in [5.74, 6) is -0.659. The highest BCUT2D eigenvalue weighted by molar-refractivity contribution is 5.81. The van der Waals surface area contributed by atoms with Gasteiger partial charge in [-0.1, -0.05) is 26.0 Å². The van der Waals surface area contributed by atoms with Crippen molar-refractivity contribution in [2.24, 2.45) is 5.73 Å². The Labute approximate surface area is 90.8 Å². The average Bonchev–Trinajstić information content (AvgIpc) is 2.18. The summed E-state index contributed by atoms with van der Waals surface area (Å²) in [6.45, 7) is 9.12. The van der Waals surface area contributed by atoms with Gasteiger partial charge in [-0.2, -0.15) is 0 Å². The van der Waals surface area contributed by atoms with Gasteiger partial charge >= 0.3 is 5.97 Å². The summed E-state index contributed by atoms with van der Waals surface area (Å²) in [6.07, 6.45) is 4.90. The van der Waals surface area contributed by atoms with Gasteiger partial charge in [0, 0.05) is 12.5 Å². The van der Waals surface area contributed by atoms with E-state index in [-0.39, 0.29) is 18.3 Å². The van der Waals surface area contributed by atoms with Gasteiger partial charge in [-0.3, -0.25) is 4.79 Å². The second-order valence-electron chi connectivity index (χ2n) is 2.68. The van der Waals surface area contributed by atoms with E-state index in [1.165, 1.54) is 12.2 Å². The van der Waals surface area contributed by atoms with Crippen LogP contribution in [0, 0.1) is 0 Å². The van der Waals surface area contributed by atoms with Crippen molar-refractivity contribution in [3.63, 3.8) is 0 Å². The fourth-order valence-corrected chi connectivity index (χ4v) is 0.518. The largest absolute Gasteiger partial charge is 0.463 e. The summed E-state index contributed by atoms with van der Waals surface area (Å²) in [7, 11) is 0. The van der Waals surface area contributed by atoms with E-state index in [0.717, 1.165) is 12.8 Å².